The van der Waals surface area contributed by atoms with Gasteiger partial charge in [-0.25, -0.2) is 0 Å². The van der Waals surface area contributed by atoms with Crippen LogP contribution in [0.3, 0.4) is 0 Å². The second-order valence-electron chi connectivity index (χ2n) is 4.80. The third kappa shape index (κ3) is 4.00. The Hall–Kier alpha value is -2.50. The van der Waals surface area contributed by atoms with Crippen LogP contribution in [-0.4, -0.2) is 12.3 Å². The molecular formula is C16H14F3NO2. The molecule has 2 rings (SSSR count). The molecule has 0 spiro atoms. The zero-order valence-electron chi connectivity index (χ0n) is 12.0. The number of benzene rings is 2. The molecule has 2 aromatic carbocycles. The minimum absolute atomic E-state index is 0.0388. The highest BCUT2D eigenvalue weighted by molar-refractivity contribution is 6.05. The maximum atomic E-state index is 12.3. The van der Waals surface area contributed by atoms with Crippen molar-refractivity contribution in [2.24, 2.45) is 0 Å². The topological polar surface area (TPSA) is 38.3 Å². The van der Waals surface area contributed by atoms with Crippen LogP contribution in [0.1, 0.15) is 21.5 Å². The van der Waals surface area contributed by atoms with Gasteiger partial charge in [0.25, 0.3) is 5.91 Å². The molecule has 0 aromatic heterocycles. The predicted octanol–water partition coefficient (Wildman–Crippen LogP) is 4.45. The number of hydrogen-bond acceptors (Lipinski definition) is 2. The molecule has 0 saturated heterocycles. The van der Waals surface area contributed by atoms with Gasteiger partial charge in [-0.3, -0.25) is 4.79 Å². The fraction of sp³-hybridized carbons (Fsp3) is 0.188. The minimum Gasteiger partial charge on any atom is -0.404 e. The summed E-state index contributed by atoms with van der Waals surface area (Å²) in [5.74, 6) is -0.950. The number of carbonyl (C=O) groups excluding carboxylic acids is 1. The summed E-state index contributed by atoms with van der Waals surface area (Å²) in [6.45, 7) is 3.76. The Morgan fingerprint density at radius 3 is 2.36 bits per heavy atom. The first-order chi connectivity index (χ1) is 10.3. The second kappa shape index (κ2) is 6.09. The molecular weight excluding hydrogens is 295 g/mol. The van der Waals surface area contributed by atoms with E-state index in [0.29, 0.717) is 5.56 Å². The van der Waals surface area contributed by atoms with Crippen molar-refractivity contribution in [3.8, 4) is 5.75 Å². The summed E-state index contributed by atoms with van der Waals surface area (Å²) in [5, 5.41) is 2.43. The molecule has 0 radical (unpaired) electrons. The van der Waals surface area contributed by atoms with E-state index in [-0.39, 0.29) is 5.69 Å². The molecule has 0 aliphatic heterocycles. The Morgan fingerprint density at radius 1 is 1.05 bits per heavy atom. The van der Waals surface area contributed by atoms with Gasteiger partial charge in [0.1, 0.15) is 0 Å². The van der Waals surface area contributed by atoms with Crippen LogP contribution < -0.4 is 10.1 Å². The molecule has 3 nitrogen and oxygen atoms in total. The first kappa shape index (κ1) is 15.9. The van der Waals surface area contributed by atoms with E-state index in [2.05, 4.69) is 10.1 Å². The van der Waals surface area contributed by atoms with E-state index in [1.54, 1.807) is 18.2 Å². The van der Waals surface area contributed by atoms with E-state index in [0.717, 1.165) is 17.2 Å². The smallest absolute Gasteiger partial charge is 0.404 e. The molecule has 22 heavy (non-hydrogen) atoms. The van der Waals surface area contributed by atoms with E-state index < -0.39 is 18.0 Å². The average Bonchev–Trinajstić information content (AvgIpc) is 2.42. The first-order valence-corrected chi connectivity index (χ1v) is 6.49. The molecule has 6 heteroatoms. The largest absolute Gasteiger partial charge is 0.573 e. The number of para-hydroxylation sites is 2. The van der Waals surface area contributed by atoms with Crippen LogP contribution in [-0.2, 0) is 0 Å². The predicted molar refractivity (Wildman–Crippen MR) is 77.0 cm³/mol. The number of anilines is 1. The third-order valence-electron chi connectivity index (χ3n) is 3.13. The first-order valence-electron chi connectivity index (χ1n) is 6.49. The van der Waals surface area contributed by atoms with Crippen LogP contribution in [0.5, 0.6) is 5.75 Å². The van der Waals surface area contributed by atoms with Crippen LogP contribution in [0.25, 0.3) is 0 Å². The summed E-state index contributed by atoms with van der Waals surface area (Å²) in [4.78, 5) is 12.1. The molecule has 116 valence electrons. The zero-order valence-corrected chi connectivity index (χ0v) is 12.0. The normalized spacial score (nSPS) is 11.1. The van der Waals surface area contributed by atoms with Gasteiger partial charge < -0.3 is 10.1 Å². The maximum absolute atomic E-state index is 12.3. The molecule has 0 atom stereocenters. The number of nitrogens with one attached hydrogen (secondary N) is 1. The van der Waals surface area contributed by atoms with Crippen molar-refractivity contribution in [2.75, 3.05) is 5.32 Å². The van der Waals surface area contributed by atoms with Crippen LogP contribution in [0.15, 0.2) is 42.5 Å². The second-order valence-corrected chi connectivity index (χ2v) is 4.80. The SMILES string of the molecule is Cc1ccc(C(=O)Nc2ccccc2OC(F)(F)F)cc1C. The van der Waals surface area contributed by atoms with Gasteiger partial charge in [-0.2, -0.15) is 0 Å². The Bertz CT molecular complexity index is 696. The lowest BCUT2D eigenvalue weighted by Crippen LogP contribution is -2.19. The highest BCUT2D eigenvalue weighted by Gasteiger charge is 2.32. The van der Waals surface area contributed by atoms with Crippen LogP contribution >= 0.6 is 0 Å². The van der Waals surface area contributed by atoms with Gasteiger partial charge in [0.2, 0.25) is 0 Å². The van der Waals surface area contributed by atoms with Gasteiger partial charge >= 0.3 is 6.36 Å². The Kier molecular flexibility index (Phi) is 4.40. The number of rotatable bonds is 3. The molecule has 1 amide bonds. The maximum Gasteiger partial charge on any atom is 0.573 e. The van der Waals surface area contributed by atoms with E-state index in [9.17, 15) is 18.0 Å². The van der Waals surface area contributed by atoms with Crippen molar-refractivity contribution in [1.29, 1.82) is 0 Å². The van der Waals surface area contributed by atoms with Gasteiger partial charge in [0, 0.05) is 5.56 Å². The average molecular weight is 309 g/mol. The monoisotopic (exact) mass is 309 g/mol. The molecule has 0 saturated carbocycles. The highest BCUT2D eigenvalue weighted by atomic mass is 19.4. The molecule has 0 unspecified atom stereocenters. The van der Waals surface area contributed by atoms with Gasteiger partial charge in [-0.1, -0.05) is 18.2 Å². The van der Waals surface area contributed by atoms with Crippen molar-refractivity contribution in [3.05, 3.63) is 59.2 Å². The van der Waals surface area contributed by atoms with E-state index >= 15 is 0 Å². The molecule has 0 aliphatic rings. The van der Waals surface area contributed by atoms with Crippen molar-refractivity contribution in [2.45, 2.75) is 20.2 Å². The number of hydrogen-bond donors (Lipinski definition) is 1. The van der Waals surface area contributed by atoms with Gasteiger partial charge in [-0.05, 0) is 49.2 Å². The lowest BCUT2D eigenvalue weighted by molar-refractivity contribution is -0.274. The number of alkyl halides is 3. The van der Waals surface area contributed by atoms with Crippen molar-refractivity contribution in [1.82, 2.24) is 0 Å². The summed E-state index contributed by atoms with van der Waals surface area (Å²) in [5.41, 5.74) is 2.28. The minimum atomic E-state index is -4.82. The molecule has 2 aromatic rings. The summed E-state index contributed by atoms with van der Waals surface area (Å²) in [6.07, 6.45) is -4.82. The van der Waals surface area contributed by atoms with Gasteiger partial charge in [0.15, 0.2) is 5.75 Å². The fourth-order valence-electron chi connectivity index (χ4n) is 1.86. The molecule has 0 heterocycles. The number of halogens is 3. The van der Waals surface area contributed by atoms with E-state index in [1.165, 1.54) is 18.2 Å². The third-order valence-corrected chi connectivity index (χ3v) is 3.13. The van der Waals surface area contributed by atoms with Gasteiger partial charge in [-0.15, -0.1) is 13.2 Å². The summed E-state index contributed by atoms with van der Waals surface area (Å²) >= 11 is 0. The van der Waals surface area contributed by atoms with Crippen LogP contribution in [0.4, 0.5) is 18.9 Å². The molecule has 0 fully saturated rings. The number of ether oxygens (including phenoxy) is 1. The zero-order chi connectivity index (χ0) is 16.3. The summed E-state index contributed by atoms with van der Waals surface area (Å²) < 4.78 is 40.9. The number of aryl methyl sites for hydroxylation is 2. The van der Waals surface area contributed by atoms with E-state index in [1.807, 2.05) is 13.8 Å². The molecule has 0 bridgehead atoms. The Labute approximate surface area is 125 Å². The number of amides is 1. The van der Waals surface area contributed by atoms with E-state index in [4.69, 9.17) is 0 Å². The van der Waals surface area contributed by atoms with Gasteiger partial charge in [0.05, 0.1) is 5.69 Å². The standard InChI is InChI=1S/C16H14F3NO2/c1-10-7-8-12(9-11(10)2)15(21)20-13-5-3-4-6-14(13)22-16(17,18)19/h3-9H,1-2H3,(H,20,21). The Balaban J connectivity index is 2.23. The van der Waals surface area contributed by atoms with Crippen LogP contribution in [0.2, 0.25) is 0 Å². The molecule has 1 N–H and O–H groups in total. The quantitative estimate of drug-likeness (QED) is 0.909. The number of carbonyl (C=O) groups is 1. The van der Waals surface area contributed by atoms with Crippen LogP contribution in [0, 0.1) is 13.8 Å². The van der Waals surface area contributed by atoms with Crippen molar-refractivity contribution < 1.29 is 22.7 Å². The summed E-state index contributed by atoms with van der Waals surface area (Å²) in [6, 6.07) is 10.5. The fourth-order valence-corrected chi connectivity index (χ4v) is 1.86. The lowest BCUT2D eigenvalue weighted by Gasteiger charge is -2.14. The summed E-state index contributed by atoms with van der Waals surface area (Å²) in [7, 11) is 0. The van der Waals surface area contributed by atoms with Crippen molar-refractivity contribution in [3.63, 3.8) is 0 Å². The highest BCUT2D eigenvalue weighted by Crippen LogP contribution is 2.30. The Morgan fingerprint density at radius 2 is 1.73 bits per heavy atom. The molecule has 0 aliphatic carbocycles. The van der Waals surface area contributed by atoms with Crippen molar-refractivity contribution >= 4 is 11.6 Å². The lowest BCUT2D eigenvalue weighted by atomic mass is 10.1.